The van der Waals surface area contributed by atoms with Crippen LogP contribution in [0.3, 0.4) is 0 Å². The highest BCUT2D eigenvalue weighted by Crippen LogP contribution is 2.28. The molecule has 0 aromatic heterocycles. The van der Waals surface area contributed by atoms with E-state index in [9.17, 15) is 14.7 Å². The van der Waals surface area contributed by atoms with Crippen LogP contribution in [-0.4, -0.2) is 59.1 Å². The minimum Gasteiger partial charge on any atom is -0.480 e. The van der Waals surface area contributed by atoms with Crippen LogP contribution in [0.1, 0.15) is 13.3 Å². The molecule has 6 heteroatoms. The average molecular weight is 246 g/mol. The molecule has 1 heterocycles. The quantitative estimate of drug-likeness (QED) is 0.731. The van der Waals surface area contributed by atoms with Crippen LogP contribution in [0.15, 0.2) is 0 Å². The summed E-state index contributed by atoms with van der Waals surface area (Å²) in [5, 5.41) is 12.2. The van der Waals surface area contributed by atoms with Gasteiger partial charge in [-0.3, -0.25) is 14.9 Å². The molecule has 1 fully saturated rings. The van der Waals surface area contributed by atoms with Gasteiger partial charge in [0.15, 0.2) is 0 Å². The number of carboxylic acid groups (broad SMARTS) is 1. The van der Waals surface area contributed by atoms with Gasteiger partial charge in [-0.15, -0.1) is 0 Å². The number of nitrogens with one attached hydrogen (secondary N) is 1. The van der Waals surface area contributed by atoms with E-state index in [2.05, 4.69) is 5.32 Å². The van der Waals surface area contributed by atoms with Crippen LogP contribution in [0.4, 0.5) is 0 Å². The number of hydrogen-bond donors (Lipinski definition) is 2. The highest BCUT2D eigenvalue weighted by atomic mass is 32.2. The highest BCUT2D eigenvalue weighted by Gasteiger charge is 2.43. The number of rotatable bonds is 4. The molecule has 0 aromatic carbocycles. The number of thioether (sulfide) groups is 1. The van der Waals surface area contributed by atoms with Crippen molar-refractivity contribution in [2.75, 3.05) is 25.6 Å². The summed E-state index contributed by atoms with van der Waals surface area (Å²) in [5.74, 6) is 0.378. The molecule has 2 unspecified atom stereocenters. The molecule has 1 aliphatic heterocycles. The van der Waals surface area contributed by atoms with Gasteiger partial charge in [-0.25, -0.2) is 0 Å². The minimum atomic E-state index is -0.935. The van der Waals surface area contributed by atoms with Crippen molar-refractivity contribution in [1.29, 1.82) is 0 Å². The Morgan fingerprint density at radius 2 is 2.12 bits per heavy atom. The van der Waals surface area contributed by atoms with Crippen molar-refractivity contribution in [3.8, 4) is 0 Å². The van der Waals surface area contributed by atoms with Crippen molar-refractivity contribution < 1.29 is 14.7 Å². The topological polar surface area (TPSA) is 69.6 Å². The predicted molar refractivity (Wildman–Crippen MR) is 63.6 cm³/mol. The summed E-state index contributed by atoms with van der Waals surface area (Å²) in [7, 11) is 3.33. The average Bonchev–Trinajstić information content (AvgIpc) is 2.66. The van der Waals surface area contributed by atoms with Crippen molar-refractivity contribution in [3.05, 3.63) is 0 Å². The third kappa shape index (κ3) is 2.68. The van der Waals surface area contributed by atoms with E-state index in [4.69, 9.17) is 0 Å². The lowest BCUT2D eigenvalue weighted by Gasteiger charge is -2.29. The van der Waals surface area contributed by atoms with Crippen molar-refractivity contribution in [3.63, 3.8) is 0 Å². The van der Waals surface area contributed by atoms with Gasteiger partial charge in [0.25, 0.3) is 0 Å². The fourth-order valence-electron chi connectivity index (χ4n) is 1.77. The molecule has 0 saturated carbocycles. The molecule has 0 spiro atoms. The van der Waals surface area contributed by atoms with E-state index in [0.29, 0.717) is 12.2 Å². The van der Waals surface area contributed by atoms with Gasteiger partial charge in [0.1, 0.15) is 5.54 Å². The van der Waals surface area contributed by atoms with E-state index >= 15 is 0 Å². The Kier molecular flexibility index (Phi) is 4.21. The lowest BCUT2D eigenvalue weighted by atomic mass is 9.98. The summed E-state index contributed by atoms with van der Waals surface area (Å²) in [5.41, 5.74) is -0.935. The maximum absolute atomic E-state index is 11.7. The second kappa shape index (κ2) is 5.05. The number of aliphatic carboxylic acids is 1. The largest absolute Gasteiger partial charge is 0.480 e. The standard InChI is InChI=1S/C10H18N2O3S/c1-7(8(13)12(2)3)11-10(9(14)15)4-5-16-6-10/h7,11H,4-6H2,1-3H3,(H,14,15). The molecule has 1 rings (SSSR count). The van der Waals surface area contributed by atoms with Gasteiger partial charge in [-0.05, 0) is 19.1 Å². The monoisotopic (exact) mass is 246 g/mol. The van der Waals surface area contributed by atoms with Crippen molar-refractivity contribution in [1.82, 2.24) is 10.2 Å². The van der Waals surface area contributed by atoms with E-state index in [-0.39, 0.29) is 5.91 Å². The van der Waals surface area contributed by atoms with E-state index in [0.717, 1.165) is 5.75 Å². The number of carboxylic acids is 1. The molecule has 16 heavy (non-hydrogen) atoms. The third-order valence-corrected chi connectivity index (χ3v) is 3.92. The molecule has 1 saturated heterocycles. The molecule has 1 aliphatic rings. The Hall–Kier alpha value is -0.750. The zero-order valence-electron chi connectivity index (χ0n) is 9.82. The van der Waals surface area contributed by atoms with Crippen LogP contribution < -0.4 is 5.32 Å². The zero-order valence-corrected chi connectivity index (χ0v) is 10.6. The Balaban J connectivity index is 2.70. The SMILES string of the molecule is CC(NC1(C(=O)O)CCSC1)C(=O)N(C)C. The molecular weight excluding hydrogens is 228 g/mol. The second-order valence-electron chi connectivity index (χ2n) is 4.29. The minimum absolute atomic E-state index is 0.0995. The Morgan fingerprint density at radius 1 is 1.50 bits per heavy atom. The molecule has 2 atom stereocenters. The summed E-state index contributed by atoms with van der Waals surface area (Å²) in [6.07, 6.45) is 0.568. The highest BCUT2D eigenvalue weighted by molar-refractivity contribution is 7.99. The van der Waals surface area contributed by atoms with Crippen LogP contribution >= 0.6 is 11.8 Å². The Labute approximate surface area is 99.6 Å². The Morgan fingerprint density at radius 3 is 2.50 bits per heavy atom. The van der Waals surface area contributed by atoms with Crippen LogP contribution in [0, 0.1) is 0 Å². The van der Waals surface area contributed by atoms with Gasteiger partial charge in [0.2, 0.25) is 5.91 Å². The van der Waals surface area contributed by atoms with E-state index in [1.807, 2.05) is 0 Å². The summed E-state index contributed by atoms with van der Waals surface area (Å²) in [6, 6.07) is -0.468. The maximum Gasteiger partial charge on any atom is 0.324 e. The molecule has 5 nitrogen and oxygen atoms in total. The third-order valence-electron chi connectivity index (χ3n) is 2.74. The first-order valence-electron chi connectivity index (χ1n) is 5.19. The predicted octanol–water partition coefficient (Wildman–Crippen LogP) is 0.0130. The molecule has 0 aromatic rings. The first-order valence-corrected chi connectivity index (χ1v) is 6.34. The number of amides is 1. The molecule has 1 amide bonds. The lowest BCUT2D eigenvalue weighted by molar-refractivity contribution is -0.144. The molecule has 0 radical (unpaired) electrons. The second-order valence-corrected chi connectivity index (χ2v) is 5.39. The van der Waals surface area contributed by atoms with Crippen molar-refractivity contribution in [2.24, 2.45) is 0 Å². The molecular formula is C10H18N2O3S. The first-order chi connectivity index (χ1) is 7.39. The van der Waals surface area contributed by atoms with E-state index < -0.39 is 17.6 Å². The van der Waals surface area contributed by atoms with E-state index in [1.165, 1.54) is 4.90 Å². The van der Waals surface area contributed by atoms with Gasteiger partial charge in [-0.1, -0.05) is 0 Å². The normalized spacial score (nSPS) is 26.4. The molecule has 2 N–H and O–H groups in total. The molecule has 0 bridgehead atoms. The Bertz CT molecular complexity index is 288. The summed E-state index contributed by atoms with van der Waals surface area (Å²) in [4.78, 5) is 24.4. The van der Waals surface area contributed by atoms with Gasteiger partial charge in [-0.2, -0.15) is 11.8 Å². The number of likely N-dealkylation sites (N-methyl/N-ethyl adjacent to an activating group) is 1. The fourth-order valence-corrected chi connectivity index (χ4v) is 3.11. The molecule has 0 aliphatic carbocycles. The van der Waals surface area contributed by atoms with Gasteiger partial charge in [0.05, 0.1) is 6.04 Å². The van der Waals surface area contributed by atoms with Gasteiger partial charge >= 0.3 is 5.97 Å². The fraction of sp³-hybridized carbons (Fsp3) is 0.800. The summed E-state index contributed by atoms with van der Waals surface area (Å²) >= 11 is 1.60. The van der Waals surface area contributed by atoms with Crippen LogP contribution in [0.5, 0.6) is 0 Å². The van der Waals surface area contributed by atoms with Gasteiger partial charge < -0.3 is 10.0 Å². The molecule has 92 valence electrons. The summed E-state index contributed by atoms with van der Waals surface area (Å²) < 4.78 is 0. The summed E-state index contributed by atoms with van der Waals surface area (Å²) in [6.45, 7) is 1.70. The van der Waals surface area contributed by atoms with Crippen molar-refractivity contribution >= 4 is 23.6 Å². The maximum atomic E-state index is 11.7. The zero-order chi connectivity index (χ0) is 12.3. The lowest BCUT2D eigenvalue weighted by Crippen LogP contribution is -2.58. The van der Waals surface area contributed by atoms with Crippen LogP contribution in [-0.2, 0) is 9.59 Å². The smallest absolute Gasteiger partial charge is 0.324 e. The van der Waals surface area contributed by atoms with Gasteiger partial charge in [0, 0.05) is 19.8 Å². The van der Waals surface area contributed by atoms with E-state index in [1.54, 1.807) is 32.8 Å². The number of hydrogen-bond acceptors (Lipinski definition) is 4. The number of carbonyl (C=O) groups is 2. The first kappa shape index (κ1) is 13.3. The number of nitrogens with zero attached hydrogens (tertiary/aromatic N) is 1. The number of carbonyl (C=O) groups excluding carboxylic acids is 1. The van der Waals surface area contributed by atoms with Crippen molar-refractivity contribution in [2.45, 2.75) is 24.9 Å². The van der Waals surface area contributed by atoms with Crippen LogP contribution in [0.25, 0.3) is 0 Å². The van der Waals surface area contributed by atoms with Crippen LogP contribution in [0.2, 0.25) is 0 Å².